The summed E-state index contributed by atoms with van der Waals surface area (Å²) in [6.45, 7) is 0. The van der Waals surface area contributed by atoms with Crippen LogP contribution in [-0.2, 0) is 16.0 Å². The summed E-state index contributed by atoms with van der Waals surface area (Å²) >= 11 is 4.43. The highest BCUT2D eigenvalue weighted by molar-refractivity contribution is 9.10. The number of hydrogen-bond donors (Lipinski definition) is 2. The molecule has 0 saturated carbocycles. The summed E-state index contributed by atoms with van der Waals surface area (Å²) < 4.78 is 38.3. The number of halogens is 3. The van der Waals surface area contributed by atoms with Crippen LogP contribution in [0.1, 0.15) is 11.1 Å². The molecular weight excluding hydrogens is 399 g/mol. The van der Waals surface area contributed by atoms with Gasteiger partial charge in [0, 0.05) is 33.1 Å². The Kier molecular flexibility index (Phi) is 5.40. The molecule has 0 aliphatic heterocycles. The van der Waals surface area contributed by atoms with Gasteiger partial charge in [-0.05, 0) is 23.8 Å². The molecule has 0 bridgehead atoms. The third-order valence-corrected chi connectivity index (χ3v) is 5.44. The van der Waals surface area contributed by atoms with Crippen molar-refractivity contribution in [2.75, 3.05) is 0 Å². The van der Waals surface area contributed by atoms with Crippen molar-refractivity contribution in [3.05, 3.63) is 58.3 Å². The smallest absolute Gasteiger partial charge is 0.320 e. The molecule has 0 fully saturated rings. The molecule has 0 radical (unpaired) electrons. The lowest BCUT2D eigenvalue weighted by Gasteiger charge is -2.19. The van der Waals surface area contributed by atoms with E-state index in [1.807, 2.05) is 6.07 Å². The quantitative estimate of drug-likeness (QED) is 0.566. The van der Waals surface area contributed by atoms with Gasteiger partial charge in [0.2, 0.25) is 0 Å². The van der Waals surface area contributed by atoms with Crippen LogP contribution in [0.4, 0.5) is 8.78 Å². The Balaban J connectivity index is 2.18. The first-order chi connectivity index (χ1) is 10.2. The van der Waals surface area contributed by atoms with Crippen molar-refractivity contribution < 1.29 is 23.1 Å². The molecule has 2 N–H and O–H groups in total. The Hall–Kier alpha value is -0.790. The van der Waals surface area contributed by atoms with Crippen LogP contribution in [0, 0.1) is 0 Å². The fourth-order valence-electron chi connectivity index (χ4n) is 1.65. The first-order valence-electron chi connectivity index (χ1n) is 5.97. The largest absolute Gasteiger partial charge is 0.399 e. The van der Waals surface area contributed by atoms with Crippen LogP contribution in [0.5, 0.6) is 0 Å². The minimum atomic E-state index is -5.57. The van der Waals surface area contributed by atoms with E-state index in [-0.39, 0.29) is 4.47 Å². The second-order valence-corrected chi connectivity index (χ2v) is 7.93. The molecule has 0 unspecified atom stereocenters. The zero-order chi connectivity index (χ0) is 16.4. The van der Waals surface area contributed by atoms with Gasteiger partial charge in [0.05, 0.1) is 0 Å². The van der Waals surface area contributed by atoms with Gasteiger partial charge in [-0.25, -0.2) is 0 Å². The van der Waals surface area contributed by atoms with E-state index in [0.29, 0.717) is 5.75 Å². The minimum Gasteiger partial charge on any atom is -0.320 e. The van der Waals surface area contributed by atoms with Crippen LogP contribution < -0.4 is 0 Å². The van der Waals surface area contributed by atoms with E-state index >= 15 is 0 Å². The zero-order valence-corrected chi connectivity index (χ0v) is 14.3. The van der Waals surface area contributed by atoms with E-state index in [1.54, 1.807) is 18.5 Å². The number of aromatic nitrogens is 1. The van der Waals surface area contributed by atoms with Gasteiger partial charge in [-0.15, -0.1) is 11.8 Å². The maximum atomic E-state index is 13.7. The van der Waals surface area contributed by atoms with Crippen molar-refractivity contribution in [3.8, 4) is 0 Å². The highest BCUT2D eigenvalue weighted by atomic mass is 79.9. The third-order valence-electron chi connectivity index (χ3n) is 2.76. The molecule has 1 heterocycles. The number of alkyl halides is 2. The van der Waals surface area contributed by atoms with Crippen molar-refractivity contribution in [2.24, 2.45) is 0 Å². The number of nitrogens with zero attached hydrogens (tertiary/aromatic N) is 1. The predicted molar refractivity (Wildman–Crippen MR) is 83.9 cm³/mol. The zero-order valence-electron chi connectivity index (χ0n) is 11.0. The van der Waals surface area contributed by atoms with Crippen LogP contribution in [0.25, 0.3) is 0 Å². The molecule has 4 nitrogen and oxygen atoms in total. The Morgan fingerprint density at radius 2 is 2.05 bits per heavy atom. The molecule has 0 saturated heterocycles. The fraction of sp³-hybridized carbons (Fsp3) is 0.154. The van der Waals surface area contributed by atoms with Crippen LogP contribution in [0.2, 0.25) is 0 Å². The van der Waals surface area contributed by atoms with E-state index < -0.39 is 18.8 Å². The number of hydrogen-bond acceptors (Lipinski definition) is 3. The van der Waals surface area contributed by atoms with E-state index in [1.165, 1.54) is 23.9 Å². The Morgan fingerprint density at radius 3 is 2.59 bits per heavy atom. The van der Waals surface area contributed by atoms with Gasteiger partial charge >= 0.3 is 13.3 Å². The highest BCUT2D eigenvalue weighted by Crippen LogP contribution is 2.60. The van der Waals surface area contributed by atoms with E-state index in [4.69, 9.17) is 9.79 Å². The predicted octanol–water partition coefficient (Wildman–Crippen LogP) is 4.36. The monoisotopic (exact) mass is 409 g/mol. The molecule has 118 valence electrons. The Morgan fingerprint density at radius 1 is 1.32 bits per heavy atom. The summed E-state index contributed by atoms with van der Waals surface area (Å²) in [5.41, 5.74) is -4.21. The maximum Gasteiger partial charge on any atom is 0.399 e. The summed E-state index contributed by atoms with van der Waals surface area (Å²) in [5.74, 6) is 0.520. The summed E-state index contributed by atoms with van der Waals surface area (Å²) in [4.78, 5) is 22.5. The van der Waals surface area contributed by atoms with Crippen LogP contribution in [0.15, 0.2) is 52.1 Å². The molecule has 0 amide bonds. The number of benzene rings is 1. The standard InChI is InChI=1S/C13H11BrF2NO3PS/c14-12-6-9(8-22-10-2-1-5-17-7-10)3-4-11(12)13(15,16)21(18,19)20/h1-7H,8H2,(H2,18,19,20). The van der Waals surface area contributed by atoms with Crippen molar-refractivity contribution >= 4 is 35.3 Å². The van der Waals surface area contributed by atoms with E-state index in [2.05, 4.69) is 20.9 Å². The van der Waals surface area contributed by atoms with E-state index in [9.17, 15) is 13.3 Å². The van der Waals surface area contributed by atoms with Crippen molar-refractivity contribution in [2.45, 2.75) is 16.3 Å². The minimum absolute atomic E-state index is 0.0369. The molecule has 0 spiro atoms. The maximum absolute atomic E-state index is 13.7. The van der Waals surface area contributed by atoms with Crippen molar-refractivity contribution in [1.82, 2.24) is 4.98 Å². The Bertz CT molecular complexity index is 712. The van der Waals surface area contributed by atoms with Crippen LogP contribution in [-0.4, -0.2) is 14.8 Å². The average molecular weight is 410 g/mol. The summed E-state index contributed by atoms with van der Waals surface area (Å²) in [6, 6.07) is 7.56. The topological polar surface area (TPSA) is 70.4 Å². The molecule has 0 aliphatic rings. The van der Waals surface area contributed by atoms with E-state index in [0.717, 1.165) is 16.5 Å². The second kappa shape index (κ2) is 6.76. The van der Waals surface area contributed by atoms with Gasteiger partial charge in [-0.3, -0.25) is 9.55 Å². The SMILES string of the molecule is O=P(O)(O)C(F)(F)c1ccc(CSc2cccnc2)cc1Br. The summed E-state index contributed by atoms with van der Waals surface area (Å²) in [6.07, 6.45) is 3.34. The Labute approximate surface area is 138 Å². The van der Waals surface area contributed by atoms with Crippen molar-refractivity contribution in [3.63, 3.8) is 0 Å². The lowest BCUT2D eigenvalue weighted by Crippen LogP contribution is -2.14. The lowest BCUT2D eigenvalue weighted by atomic mass is 10.1. The van der Waals surface area contributed by atoms with Crippen LogP contribution >= 0.6 is 35.3 Å². The number of thioether (sulfide) groups is 1. The van der Waals surface area contributed by atoms with Gasteiger partial charge in [0.1, 0.15) is 0 Å². The molecule has 1 aromatic carbocycles. The van der Waals surface area contributed by atoms with Gasteiger partial charge in [-0.2, -0.15) is 8.78 Å². The normalized spacial score (nSPS) is 12.4. The molecular formula is C13H11BrF2NO3PS. The number of rotatable bonds is 5. The fourth-order valence-corrected chi connectivity index (χ4v) is 3.81. The van der Waals surface area contributed by atoms with Gasteiger partial charge < -0.3 is 9.79 Å². The molecule has 0 atom stereocenters. The average Bonchev–Trinajstić information content (AvgIpc) is 2.45. The molecule has 1 aromatic heterocycles. The van der Waals surface area contributed by atoms with Gasteiger partial charge in [-0.1, -0.05) is 28.1 Å². The molecule has 0 aliphatic carbocycles. The number of pyridine rings is 1. The molecule has 2 rings (SSSR count). The third kappa shape index (κ3) is 3.94. The molecule has 9 heteroatoms. The first-order valence-corrected chi connectivity index (χ1v) is 9.36. The highest BCUT2D eigenvalue weighted by Gasteiger charge is 2.51. The van der Waals surface area contributed by atoms with Crippen LogP contribution in [0.3, 0.4) is 0 Å². The second-order valence-electron chi connectivity index (χ2n) is 4.38. The molecule has 22 heavy (non-hydrogen) atoms. The summed E-state index contributed by atoms with van der Waals surface area (Å²) in [5, 5.41) is 0. The van der Waals surface area contributed by atoms with Crippen molar-refractivity contribution in [1.29, 1.82) is 0 Å². The first kappa shape index (κ1) is 17.6. The lowest BCUT2D eigenvalue weighted by molar-refractivity contribution is 0.0557. The summed E-state index contributed by atoms with van der Waals surface area (Å²) in [7, 11) is -5.57. The van der Waals surface area contributed by atoms with Gasteiger partial charge in [0.25, 0.3) is 0 Å². The molecule has 2 aromatic rings. The van der Waals surface area contributed by atoms with Gasteiger partial charge in [0.15, 0.2) is 0 Å².